The lowest BCUT2D eigenvalue weighted by atomic mass is 10.0. The van der Waals surface area contributed by atoms with E-state index in [0.717, 1.165) is 36.7 Å². The van der Waals surface area contributed by atoms with Gasteiger partial charge >= 0.3 is 0 Å². The predicted molar refractivity (Wildman–Crippen MR) is 81.6 cm³/mol. The molecule has 0 amide bonds. The smallest absolute Gasteiger partial charge is 0.130 e. The van der Waals surface area contributed by atoms with E-state index in [-0.39, 0.29) is 0 Å². The van der Waals surface area contributed by atoms with Crippen molar-refractivity contribution in [2.75, 3.05) is 26.0 Å². The summed E-state index contributed by atoms with van der Waals surface area (Å²) in [5, 5.41) is 3.56. The highest BCUT2D eigenvalue weighted by Gasteiger charge is 2.13. The number of aryl methyl sites for hydroxylation is 2. The number of aromatic nitrogens is 2. The lowest BCUT2D eigenvalue weighted by Crippen LogP contribution is -2.33. The van der Waals surface area contributed by atoms with Crippen LogP contribution in [-0.2, 0) is 6.42 Å². The van der Waals surface area contributed by atoms with Gasteiger partial charge in [-0.2, -0.15) is 0 Å². The van der Waals surface area contributed by atoms with Crippen LogP contribution in [0.2, 0.25) is 0 Å². The van der Waals surface area contributed by atoms with Gasteiger partial charge in [-0.25, -0.2) is 9.97 Å². The van der Waals surface area contributed by atoms with Gasteiger partial charge in [0.15, 0.2) is 0 Å². The van der Waals surface area contributed by atoms with Crippen LogP contribution >= 0.6 is 0 Å². The Morgan fingerprint density at radius 3 is 2.47 bits per heavy atom. The first-order chi connectivity index (χ1) is 8.90. The molecular weight excluding hydrogens is 236 g/mol. The molecule has 0 aliphatic rings. The molecule has 0 fully saturated rings. The summed E-state index contributed by atoms with van der Waals surface area (Å²) in [4.78, 5) is 11.1. The van der Waals surface area contributed by atoms with Gasteiger partial charge < -0.3 is 10.2 Å². The molecule has 1 rings (SSSR count). The van der Waals surface area contributed by atoms with E-state index in [1.807, 2.05) is 6.92 Å². The Kier molecular flexibility index (Phi) is 6.22. The Morgan fingerprint density at radius 1 is 1.26 bits per heavy atom. The fourth-order valence-corrected chi connectivity index (χ4v) is 2.28. The molecule has 1 heterocycles. The van der Waals surface area contributed by atoms with Crippen molar-refractivity contribution in [3.63, 3.8) is 0 Å². The number of hydrogen-bond acceptors (Lipinski definition) is 4. The van der Waals surface area contributed by atoms with Gasteiger partial charge in [-0.3, -0.25) is 0 Å². The summed E-state index contributed by atoms with van der Waals surface area (Å²) < 4.78 is 0. The highest BCUT2D eigenvalue weighted by atomic mass is 15.1. The third-order valence-electron chi connectivity index (χ3n) is 2.95. The van der Waals surface area contributed by atoms with E-state index in [1.165, 1.54) is 0 Å². The first-order valence-corrected chi connectivity index (χ1v) is 7.16. The lowest BCUT2D eigenvalue weighted by molar-refractivity contribution is 0.356. The van der Waals surface area contributed by atoms with Crippen molar-refractivity contribution < 1.29 is 0 Å². The van der Waals surface area contributed by atoms with E-state index < -0.39 is 0 Å². The molecule has 1 unspecified atom stereocenters. The average molecular weight is 264 g/mol. The molecule has 0 radical (unpaired) electrons. The zero-order valence-corrected chi connectivity index (χ0v) is 13.2. The van der Waals surface area contributed by atoms with Crippen LogP contribution in [0, 0.1) is 12.8 Å². The molecule has 0 aliphatic heterocycles. The van der Waals surface area contributed by atoms with Crippen LogP contribution in [0.3, 0.4) is 0 Å². The van der Waals surface area contributed by atoms with E-state index in [0.29, 0.717) is 12.0 Å². The highest BCUT2D eigenvalue weighted by Crippen LogP contribution is 2.13. The standard InChI is InChI=1S/C15H28N4/c1-7-13-9-15(17-12(4)16-13)18-14(8-11(2)3)10-19(5)6/h9,11,14H,7-8,10H2,1-6H3,(H,16,17,18). The molecule has 0 spiro atoms. The summed E-state index contributed by atoms with van der Waals surface area (Å²) in [6, 6.07) is 2.49. The number of anilines is 1. The maximum absolute atomic E-state index is 4.50. The molecule has 0 bridgehead atoms. The van der Waals surface area contributed by atoms with Crippen LogP contribution in [0.4, 0.5) is 5.82 Å². The Bertz CT molecular complexity index is 378. The molecule has 0 aromatic carbocycles. The quantitative estimate of drug-likeness (QED) is 0.822. The Balaban J connectivity index is 2.79. The third kappa shape index (κ3) is 6.01. The van der Waals surface area contributed by atoms with Crippen LogP contribution in [0.15, 0.2) is 6.07 Å². The van der Waals surface area contributed by atoms with Crippen molar-refractivity contribution in [1.82, 2.24) is 14.9 Å². The van der Waals surface area contributed by atoms with E-state index in [9.17, 15) is 0 Å². The van der Waals surface area contributed by atoms with Gasteiger partial charge in [-0.15, -0.1) is 0 Å². The van der Waals surface area contributed by atoms with Crippen molar-refractivity contribution >= 4 is 5.82 Å². The van der Waals surface area contributed by atoms with Crippen LogP contribution in [-0.4, -0.2) is 41.5 Å². The zero-order valence-electron chi connectivity index (χ0n) is 13.2. The van der Waals surface area contributed by atoms with Gasteiger partial charge in [0.1, 0.15) is 11.6 Å². The van der Waals surface area contributed by atoms with Crippen molar-refractivity contribution in [3.8, 4) is 0 Å². The largest absolute Gasteiger partial charge is 0.366 e. The first-order valence-electron chi connectivity index (χ1n) is 7.16. The van der Waals surface area contributed by atoms with Crippen LogP contribution in [0.1, 0.15) is 38.7 Å². The lowest BCUT2D eigenvalue weighted by Gasteiger charge is -2.24. The molecule has 4 heteroatoms. The van der Waals surface area contributed by atoms with E-state index >= 15 is 0 Å². The minimum Gasteiger partial charge on any atom is -0.366 e. The Labute approximate surface area is 117 Å². The normalized spacial score (nSPS) is 13.1. The zero-order chi connectivity index (χ0) is 14.4. The summed E-state index contributed by atoms with van der Waals surface area (Å²) in [5.41, 5.74) is 1.10. The van der Waals surface area contributed by atoms with Gasteiger partial charge in [-0.05, 0) is 39.8 Å². The second kappa shape index (κ2) is 7.43. The molecular formula is C15H28N4. The van der Waals surface area contributed by atoms with Gasteiger partial charge in [0.2, 0.25) is 0 Å². The summed E-state index contributed by atoms with van der Waals surface area (Å²) >= 11 is 0. The first kappa shape index (κ1) is 15.9. The molecule has 108 valence electrons. The summed E-state index contributed by atoms with van der Waals surface area (Å²) in [6.45, 7) is 9.60. The summed E-state index contributed by atoms with van der Waals surface area (Å²) in [7, 11) is 4.22. The van der Waals surface area contributed by atoms with Gasteiger partial charge in [0, 0.05) is 24.3 Å². The molecule has 0 aliphatic carbocycles. The third-order valence-corrected chi connectivity index (χ3v) is 2.95. The van der Waals surface area contributed by atoms with Crippen molar-refractivity contribution in [2.45, 2.75) is 46.6 Å². The average Bonchev–Trinajstić information content (AvgIpc) is 2.26. The highest BCUT2D eigenvalue weighted by molar-refractivity contribution is 5.37. The van der Waals surface area contributed by atoms with Gasteiger partial charge in [-0.1, -0.05) is 20.8 Å². The molecule has 1 atom stereocenters. The Hall–Kier alpha value is -1.16. The van der Waals surface area contributed by atoms with E-state index in [1.54, 1.807) is 0 Å². The van der Waals surface area contributed by atoms with Gasteiger partial charge in [0.05, 0.1) is 0 Å². The molecule has 19 heavy (non-hydrogen) atoms. The molecule has 1 N–H and O–H groups in total. The monoisotopic (exact) mass is 264 g/mol. The predicted octanol–water partition coefficient (Wildman–Crippen LogP) is 2.74. The van der Waals surface area contributed by atoms with Gasteiger partial charge in [0.25, 0.3) is 0 Å². The molecule has 1 aromatic rings. The number of nitrogens with zero attached hydrogens (tertiary/aromatic N) is 3. The maximum atomic E-state index is 4.50. The van der Waals surface area contributed by atoms with Crippen molar-refractivity contribution in [3.05, 3.63) is 17.6 Å². The second-order valence-corrected chi connectivity index (χ2v) is 5.88. The number of rotatable bonds is 7. The number of likely N-dealkylation sites (N-methyl/N-ethyl adjacent to an activating group) is 1. The number of hydrogen-bond donors (Lipinski definition) is 1. The van der Waals surface area contributed by atoms with Crippen molar-refractivity contribution in [1.29, 1.82) is 0 Å². The minimum atomic E-state index is 0.425. The maximum Gasteiger partial charge on any atom is 0.130 e. The van der Waals surface area contributed by atoms with E-state index in [2.05, 4.69) is 61.1 Å². The Morgan fingerprint density at radius 2 is 1.95 bits per heavy atom. The summed E-state index contributed by atoms with van der Waals surface area (Å²) in [6.07, 6.45) is 2.09. The fraction of sp³-hybridized carbons (Fsp3) is 0.733. The van der Waals surface area contributed by atoms with E-state index in [4.69, 9.17) is 0 Å². The van der Waals surface area contributed by atoms with Crippen LogP contribution in [0.5, 0.6) is 0 Å². The SMILES string of the molecule is CCc1cc(NC(CC(C)C)CN(C)C)nc(C)n1. The molecule has 0 saturated carbocycles. The van der Waals surface area contributed by atoms with Crippen LogP contribution in [0.25, 0.3) is 0 Å². The topological polar surface area (TPSA) is 41.0 Å². The molecule has 1 aromatic heterocycles. The molecule has 0 saturated heterocycles. The summed E-state index contributed by atoms with van der Waals surface area (Å²) in [5.74, 6) is 2.47. The fourth-order valence-electron chi connectivity index (χ4n) is 2.28. The second-order valence-electron chi connectivity index (χ2n) is 5.88. The number of nitrogens with one attached hydrogen (secondary N) is 1. The minimum absolute atomic E-state index is 0.425. The van der Waals surface area contributed by atoms with Crippen molar-refractivity contribution in [2.24, 2.45) is 5.92 Å². The molecule has 4 nitrogen and oxygen atoms in total. The van der Waals surface area contributed by atoms with Crippen LogP contribution < -0.4 is 5.32 Å².